The summed E-state index contributed by atoms with van der Waals surface area (Å²) in [5.74, 6) is 0.153. The van der Waals surface area contributed by atoms with Crippen LogP contribution in [0.5, 0.6) is 0 Å². The van der Waals surface area contributed by atoms with Crippen molar-refractivity contribution in [2.45, 2.75) is 64.0 Å². The smallest absolute Gasteiger partial charge is 0.222 e. The molecule has 0 unspecified atom stereocenters. The number of carbonyl (C=O) groups is 1. The molecule has 3 nitrogen and oxygen atoms in total. The van der Waals surface area contributed by atoms with Gasteiger partial charge in [-0.15, -0.1) is 0 Å². The molecule has 1 aromatic rings. The number of hydrogen-bond donors (Lipinski definition) is 2. The van der Waals surface area contributed by atoms with E-state index in [1.807, 2.05) is 13.1 Å². The Bertz CT molecular complexity index is 478. The number of hydrogen-bond acceptors (Lipinski definition) is 2. The molecule has 1 amide bonds. The molecule has 1 fully saturated rings. The van der Waals surface area contributed by atoms with E-state index in [0.717, 1.165) is 12.8 Å². The fraction of sp³-hybridized carbons (Fsp3) is 0.611. The Balaban J connectivity index is 1.94. The summed E-state index contributed by atoms with van der Waals surface area (Å²) in [4.78, 5) is 12.4. The highest BCUT2D eigenvalue weighted by molar-refractivity contribution is 5.77. The topological polar surface area (TPSA) is 41.1 Å². The number of nitrogens with one attached hydrogen (secondary N) is 2. The van der Waals surface area contributed by atoms with Crippen LogP contribution >= 0.6 is 0 Å². The van der Waals surface area contributed by atoms with E-state index < -0.39 is 0 Å². The summed E-state index contributed by atoms with van der Waals surface area (Å²) >= 11 is 0. The van der Waals surface area contributed by atoms with Crippen molar-refractivity contribution < 1.29 is 4.79 Å². The molecule has 0 bridgehead atoms. The lowest BCUT2D eigenvalue weighted by Gasteiger charge is -2.37. The highest BCUT2D eigenvalue weighted by atomic mass is 16.1. The zero-order valence-corrected chi connectivity index (χ0v) is 13.5. The van der Waals surface area contributed by atoms with E-state index in [0.29, 0.717) is 6.42 Å². The summed E-state index contributed by atoms with van der Waals surface area (Å²) in [6.45, 7) is 4.13. The Morgan fingerprint density at radius 2 is 2.00 bits per heavy atom. The third kappa shape index (κ3) is 4.31. The minimum atomic E-state index is 0.00859. The normalized spacial score (nSPS) is 19.0. The van der Waals surface area contributed by atoms with Crippen molar-refractivity contribution in [3.05, 3.63) is 35.4 Å². The molecule has 0 aromatic heterocycles. The third-order valence-corrected chi connectivity index (χ3v) is 4.76. The van der Waals surface area contributed by atoms with Crippen LogP contribution in [0.3, 0.4) is 0 Å². The second kappa shape index (κ2) is 7.08. The Hall–Kier alpha value is -1.35. The van der Waals surface area contributed by atoms with Crippen LogP contribution in [0.15, 0.2) is 24.3 Å². The van der Waals surface area contributed by atoms with Crippen molar-refractivity contribution in [1.29, 1.82) is 0 Å². The Morgan fingerprint density at radius 3 is 2.62 bits per heavy atom. The van der Waals surface area contributed by atoms with Crippen molar-refractivity contribution >= 4 is 5.91 Å². The van der Waals surface area contributed by atoms with Gasteiger partial charge in [0, 0.05) is 12.0 Å². The quantitative estimate of drug-likeness (QED) is 0.871. The van der Waals surface area contributed by atoms with E-state index in [4.69, 9.17) is 0 Å². The van der Waals surface area contributed by atoms with Gasteiger partial charge in [0.25, 0.3) is 0 Å². The third-order valence-electron chi connectivity index (χ3n) is 4.76. The molecule has 0 heterocycles. The molecule has 0 saturated heterocycles. The number of rotatable bonds is 5. The lowest BCUT2D eigenvalue weighted by atomic mass is 9.79. The largest absolute Gasteiger partial charge is 0.350 e. The molecular weight excluding hydrogens is 260 g/mol. The predicted molar refractivity (Wildman–Crippen MR) is 87.2 cm³/mol. The Kier molecular flexibility index (Phi) is 5.40. The van der Waals surface area contributed by atoms with Gasteiger partial charge >= 0.3 is 0 Å². The molecule has 1 aliphatic rings. The van der Waals surface area contributed by atoms with Gasteiger partial charge in [-0.05, 0) is 39.3 Å². The van der Waals surface area contributed by atoms with E-state index in [-0.39, 0.29) is 17.5 Å². The van der Waals surface area contributed by atoms with Crippen LogP contribution in [0, 0.1) is 6.92 Å². The van der Waals surface area contributed by atoms with E-state index in [1.165, 1.54) is 30.4 Å². The van der Waals surface area contributed by atoms with Crippen molar-refractivity contribution in [2.24, 2.45) is 0 Å². The minimum Gasteiger partial charge on any atom is -0.350 e. The van der Waals surface area contributed by atoms with Crippen molar-refractivity contribution in [3.8, 4) is 0 Å². The first kappa shape index (κ1) is 16.0. The zero-order valence-electron chi connectivity index (χ0n) is 13.5. The fourth-order valence-corrected chi connectivity index (χ4v) is 3.37. The predicted octanol–water partition coefficient (Wildman–Crippen LogP) is 3.48. The van der Waals surface area contributed by atoms with Gasteiger partial charge in [-0.25, -0.2) is 0 Å². The molecule has 1 atom stereocenters. The first-order valence-corrected chi connectivity index (χ1v) is 8.09. The molecule has 0 spiro atoms. The van der Waals surface area contributed by atoms with E-state index in [2.05, 4.69) is 42.7 Å². The van der Waals surface area contributed by atoms with Gasteiger partial charge in [0.2, 0.25) is 5.91 Å². The molecule has 1 aromatic carbocycles. The molecule has 1 aliphatic carbocycles. The van der Waals surface area contributed by atoms with Crippen LogP contribution in [0.25, 0.3) is 0 Å². The maximum Gasteiger partial charge on any atom is 0.222 e. The maximum absolute atomic E-state index is 12.4. The molecule has 2 rings (SSSR count). The molecule has 1 saturated carbocycles. The summed E-state index contributed by atoms with van der Waals surface area (Å²) in [7, 11) is 1.99. The Morgan fingerprint density at radius 1 is 1.29 bits per heavy atom. The lowest BCUT2D eigenvalue weighted by Crippen LogP contribution is -2.48. The average Bonchev–Trinajstić information content (AvgIpc) is 2.48. The summed E-state index contributed by atoms with van der Waals surface area (Å²) in [5.41, 5.74) is 2.41. The van der Waals surface area contributed by atoms with Crippen LogP contribution in [-0.2, 0) is 4.79 Å². The van der Waals surface area contributed by atoms with Gasteiger partial charge in [-0.3, -0.25) is 4.79 Å². The van der Waals surface area contributed by atoms with Gasteiger partial charge in [-0.1, -0.05) is 49.1 Å². The SMILES string of the molecule is CNC1(CC(=O)N[C@@H](C)c2cccc(C)c2)CCCCC1. The first-order chi connectivity index (χ1) is 10.0. The van der Waals surface area contributed by atoms with Gasteiger partial charge in [-0.2, -0.15) is 0 Å². The minimum absolute atomic E-state index is 0.00859. The van der Waals surface area contributed by atoms with E-state index >= 15 is 0 Å². The molecule has 3 heteroatoms. The second-order valence-electron chi connectivity index (χ2n) is 6.47. The number of aryl methyl sites for hydroxylation is 1. The first-order valence-electron chi connectivity index (χ1n) is 8.09. The molecule has 116 valence electrons. The summed E-state index contributed by atoms with van der Waals surface area (Å²) in [6.07, 6.45) is 6.54. The maximum atomic E-state index is 12.4. The lowest BCUT2D eigenvalue weighted by molar-refractivity contribution is -0.123. The van der Waals surface area contributed by atoms with Crippen LogP contribution in [-0.4, -0.2) is 18.5 Å². The summed E-state index contributed by atoms with van der Waals surface area (Å²) < 4.78 is 0. The number of carbonyl (C=O) groups excluding carboxylic acids is 1. The summed E-state index contributed by atoms with van der Waals surface area (Å²) in [6, 6.07) is 8.40. The van der Waals surface area contributed by atoms with Crippen LogP contribution in [0.4, 0.5) is 0 Å². The number of benzene rings is 1. The molecule has 21 heavy (non-hydrogen) atoms. The van der Waals surface area contributed by atoms with Crippen molar-refractivity contribution in [3.63, 3.8) is 0 Å². The molecular formula is C18H28N2O. The zero-order chi connectivity index (χ0) is 15.3. The molecule has 0 aliphatic heterocycles. The fourth-order valence-electron chi connectivity index (χ4n) is 3.37. The highest BCUT2D eigenvalue weighted by Crippen LogP contribution is 2.30. The standard InChI is InChI=1S/C18H28N2O/c1-14-8-7-9-16(12-14)15(2)20-17(21)13-18(19-3)10-5-4-6-11-18/h7-9,12,15,19H,4-6,10-11,13H2,1-3H3,(H,20,21)/t15-/m0/s1. The van der Waals surface area contributed by atoms with E-state index in [9.17, 15) is 4.79 Å². The van der Waals surface area contributed by atoms with Crippen LogP contribution < -0.4 is 10.6 Å². The van der Waals surface area contributed by atoms with Gasteiger partial charge < -0.3 is 10.6 Å². The van der Waals surface area contributed by atoms with Crippen LogP contribution in [0.2, 0.25) is 0 Å². The van der Waals surface area contributed by atoms with Gasteiger partial charge in [0.05, 0.1) is 6.04 Å². The van der Waals surface area contributed by atoms with Crippen LogP contribution in [0.1, 0.15) is 62.6 Å². The van der Waals surface area contributed by atoms with Crippen molar-refractivity contribution in [2.75, 3.05) is 7.05 Å². The average molecular weight is 288 g/mol. The molecule has 0 radical (unpaired) electrons. The van der Waals surface area contributed by atoms with E-state index in [1.54, 1.807) is 0 Å². The second-order valence-corrected chi connectivity index (χ2v) is 6.47. The Labute approximate surface area is 128 Å². The van der Waals surface area contributed by atoms with Gasteiger partial charge in [0.15, 0.2) is 0 Å². The van der Waals surface area contributed by atoms with Crippen molar-refractivity contribution in [1.82, 2.24) is 10.6 Å². The van der Waals surface area contributed by atoms with Gasteiger partial charge in [0.1, 0.15) is 0 Å². The number of amides is 1. The monoisotopic (exact) mass is 288 g/mol. The summed E-state index contributed by atoms with van der Waals surface area (Å²) in [5, 5.41) is 6.56. The highest BCUT2D eigenvalue weighted by Gasteiger charge is 2.32. The molecule has 2 N–H and O–H groups in total.